The van der Waals surface area contributed by atoms with E-state index in [9.17, 15) is 24.5 Å². The molecule has 0 saturated carbocycles. The van der Waals surface area contributed by atoms with Crippen molar-refractivity contribution in [2.45, 2.75) is 6.61 Å². The summed E-state index contributed by atoms with van der Waals surface area (Å²) in [5.74, 6) is -0.522. The van der Waals surface area contributed by atoms with Crippen molar-refractivity contribution in [3.8, 4) is 5.75 Å². The Morgan fingerprint density at radius 2 is 1.83 bits per heavy atom. The number of hydrogen-bond acceptors (Lipinski definition) is 7. The van der Waals surface area contributed by atoms with Crippen LogP contribution in [0.3, 0.4) is 0 Å². The van der Waals surface area contributed by atoms with Crippen molar-refractivity contribution < 1.29 is 24.0 Å². The number of rotatable bonds is 8. The summed E-state index contributed by atoms with van der Waals surface area (Å²) in [6, 6.07) is 20.0. The van der Waals surface area contributed by atoms with E-state index in [0.29, 0.717) is 21.5 Å². The van der Waals surface area contributed by atoms with E-state index in [1.54, 1.807) is 66.7 Å². The summed E-state index contributed by atoms with van der Waals surface area (Å²) in [7, 11) is 0. The Kier molecular flexibility index (Phi) is 7.81. The molecule has 11 heteroatoms. The van der Waals surface area contributed by atoms with Gasteiger partial charge in [-0.25, -0.2) is 0 Å². The third-order valence-electron chi connectivity index (χ3n) is 5.03. The number of non-ortho nitro benzene ring substituents is 1. The smallest absolute Gasteiger partial charge is 0.294 e. The number of nitro benzene ring substituents is 1. The van der Waals surface area contributed by atoms with Crippen LogP contribution in [0.1, 0.15) is 11.1 Å². The first-order valence-electron chi connectivity index (χ1n) is 10.6. The highest BCUT2D eigenvalue weighted by Crippen LogP contribution is 2.33. The average Bonchev–Trinajstić information content (AvgIpc) is 3.12. The zero-order valence-corrected chi connectivity index (χ0v) is 21.0. The molecule has 0 atom stereocenters. The Labute approximate surface area is 218 Å². The molecule has 3 aromatic rings. The molecule has 0 spiro atoms. The van der Waals surface area contributed by atoms with Gasteiger partial charge in [0.2, 0.25) is 5.91 Å². The number of thioether (sulfide) groups is 1. The number of para-hydroxylation sites is 1. The standard InChI is InChI=1S/C25H18BrN3O6S/c26-20-6-1-2-7-21(20)27-23(30)14-28-24(31)22(36-25(28)32)13-17-4-3-5-19(12-17)35-15-16-8-10-18(11-9-16)29(33)34/h1-13H,14-15H2,(H,27,30)/b22-13+. The van der Waals surface area contributed by atoms with Gasteiger partial charge in [0.15, 0.2) is 0 Å². The number of nitrogens with zero attached hydrogens (tertiary/aromatic N) is 2. The van der Waals surface area contributed by atoms with E-state index in [0.717, 1.165) is 22.2 Å². The molecule has 4 rings (SSSR count). The third-order valence-corrected chi connectivity index (χ3v) is 6.63. The van der Waals surface area contributed by atoms with E-state index in [1.165, 1.54) is 12.1 Å². The second kappa shape index (κ2) is 11.2. The first-order chi connectivity index (χ1) is 17.3. The Balaban J connectivity index is 1.39. The fourth-order valence-corrected chi connectivity index (χ4v) is 4.48. The van der Waals surface area contributed by atoms with Gasteiger partial charge in [0.1, 0.15) is 18.9 Å². The molecule has 0 aromatic heterocycles. The van der Waals surface area contributed by atoms with Gasteiger partial charge in [0, 0.05) is 16.6 Å². The summed E-state index contributed by atoms with van der Waals surface area (Å²) in [6.45, 7) is -0.202. The van der Waals surface area contributed by atoms with E-state index in [4.69, 9.17) is 4.74 Å². The van der Waals surface area contributed by atoms with Crippen molar-refractivity contribution >= 4 is 62.2 Å². The fourth-order valence-electron chi connectivity index (χ4n) is 3.26. The normalized spacial score (nSPS) is 14.2. The Hall–Kier alpha value is -3.96. The van der Waals surface area contributed by atoms with Crippen LogP contribution in [0, 0.1) is 10.1 Å². The van der Waals surface area contributed by atoms with Crippen LogP contribution in [-0.2, 0) is 16.2 Å². The predicted octanol–water partition coefficient (Wildman–Crippen LogP) is 5.61. The number of benzene rings is 3. The van der Waals surface area contributed by atoms with Crippen LogP contribution < -0.4 is 10.1 Å². The minimum absolute atomic E-state index is 0.000103. The molecule has 0 unspecified atom stereocenters. The van der Waals surface area contributed by atoms with Crippen LogP contribution in [0.15, 0.2) is 82.2 Å². The highest BCUT2D eigenvalue weighted by molar-refractivity contribution is 9.10. The molecular formula is C25H18BrN3O6S. The van der Waals surface area contributed by atoms with Crippen LogP contribution in [0.5, 0.6) is 5.75 Å². The molecule has 0 aliphatic carbocycles. The summed E-state index contributed by atoms with van der Waals surface area (Å²) in [5.41, 5.74) is 1.93. The van der Waals surface area contributed by atoms with Crippen LogP contribution >= 0.6 is 27.7 Å². The molecule has 1 heterocycles. The van der Waals surface area contributed by atoms with Gasteiger partial charge in [-0.05, 0) is 81.3 Å². The molecule has 1 N–H and O–H groups in total. The fraction of sp³-hybridized carbons (Fsp3) is 0.0800. The number of nitro groups is 1. The summed E-state index contributed by atoms with van der Waals surface area (Å²) in [6.07, 6.45) is 1.56. The second-order valence-corrected chi connectivity index (χ2v) is 9.43. The molecular weight excluding hydrogens is 550 g/mol. The summed E-state index contributed by atoms with van der Waals surface area (Å²) < 4.78 is 6.44. The van der Waals surface area contributed by atoms with Crippen molar-refractivity contribution in [2.24, 2.45) is 0 Å². The predicted molar refractivity (Wildman–Crippen MR) is 139 cm³/mol. The number of carbonyl (C=O) groups excluding carboxylic acids is 3. The second-order valence-electron chi connectivity index (χ2n) is 7.58. The van der Waals surface area contributed by atoms with Crippen molar-refractivity contribution in [2.75, 3.05) is 11.9 Å². The molecule has 1 saturated heterocycles. The molecule has 0 radical (unpaired) electrons. The lowest BCUT2D eigenvalue weighted by Crippen LogP contribution is -2.36. The lowest BCUT2D eigenvalue weighted by Gasteiger charge is -2.13. The van der Waals surface area contributed by atoms with Gasteiger partial charge < -0.3 is 10.1 Å². The van der Waals surface area contributed by atoms with Gasteiger partial charge in [-0.2, -0.15) is 0 Å². The minimum atomic E-state index is -0.551. The van der Waals surface area contributed by atoms with E-state index in [-0.39, 0.29) is 17.2 Å². The Morgan fingerprint density at radius 1 is 1.08 bits per heavy atom. The van der Waals surface area contributed by atoms with Crippen LogP contribution in [0.2, 0.25) is 0 Å². The number of amides is 3. The van der Waals surface area contributed by atoms with E-state index < -0.39 is 28.5 Å². The van der Waals surface area contributed by atoms with E-state index >= 15 is 0 Å². The van der Waals surface area contributed by atoms with Crippen molar-refractivity contribution in [1.29, 1.82) is 0 Å². The zero-order valence-electron chi connectivity index (χ0n) is 18.5. The first-order valence-corrected chi connectivity index (χ1v) is 12.2. The van der Waals surface area contributed by atoms with Gasteiger partial charge in [0.05, 0.1) is 15.5 Å². The van der Waals surface area contributed by atoms with Crippen LogP contribution in [-0.4, -0.2) is 33.4 Å². The quantitative estimate of drug-likeness (QED) is 0.213. The van der Waals surface area contributed by atoms with Gasteiger partial charge in [0.25, 0.3) is 16.8 Å². The monoisotopic (exact) mass is 567 g/mol. The van der Waals surface area contributed by atoms with Crippen molar-refractivity contribution in [1.82, 2.24) is 4.90 Å². The number of carbonyl (C=O) groups is 3. The molecule has 1 aliphatic heterocycles. The number of imide groups is 1. The summed E-state index contributed by atoms with van der Waals surface area (Å²) in [4.78, 5) is 49.0. The van der Waals surface area contributed by atoms with E-state index in [1.807, 2.05) is 0 Å². The lowest BCUT2D eigenvalue weighted by atomic mass is 10.2. The maximum atomic E-state index is 12.8. The topological polar surface area (TPSA) is 119 Å². The minimum Gasteiger partial charge on any atom is -0.489 e. The molecule has 1 aliphatic rings. The molecule has 3 aromatic carbocycles. The average molecular weight is 568 g/mol. The highest BCUT2D eigenvalue weighted by Gasteiger charge is 2.36. The Bertz CT molecular complexity index is 1380. The van der Waals surface area contributed by atoms with Gasteiger partial charge >= 0.3 is 0 Å². The lowest BCUT2D eigenvalue weighted by molar-refractivity contribution is -0.384. The first kappa shape index (κ1) is 25.1. The van der Waals surface area contributed by atoms with Crippen LogP contribution in [0.4, 0.5) is 16.2 Å². The third kappa shape index (κ3) is 6.18. The molecule has 1 fully saturated rings. The molecule has 3 amide bonds. The molecule has 36 heavy (non-hydrogen) atoms. The van der Waals surface area contributed by atoms with Crippen LogP contribution in [0.25, 0.3) is 6.08 Å². The molecule has 9 nitrogen and oxygen atoms in total. The Morgan fingerprint density at radius 3 is 2.56 bits per heavy atom. The van der Waals surface area contributed by atoms with Gasteiger partial charge in [-0.1, -0.05) is 24.3 Å². The maximum absolute atomic E-state index is 12.8. The number of nitrogens with one attached hydrogen (secondary N) is 1. The van der Waals surface area contributed by atoms with Gasteiger partial charge in [-0.3, -0.25) is 29.4 Å². The van der Waals surface area contributed by atoms with Gasteiger partial charge in [-0.15, -0.1) is 0 Å². The van der Waals surface area contributed by atoms with E-state index in [2.05, 4.69) is 21.2 Å². The summed E-state index contributed by atoms with van der Waals surface area (Å²) >= 11 is 4.10. The number of hydrogen-bond donors (Lipinski definition) is 1. The maximum Gasteiger partial charge on any atom is 0.294 e. The molecule has 0 bridgehead atoms. The van der Waals surface area contributed by atoms with Crippen molar-refractivity contribution in [3.63, 3.8) is 0 Å². The highest BCUT2D eigenvalue weighted by atomic mass is 79.9. The number of halogens is 1. The largest absolute Gasteiger partial charge is 0.489 e. The summed E-state index contributed by atoms with van der Waals surface area (Å²) in [5, 5.41) is 12.9. The number of anilines is 1. The zero-order chi connectivity index (χ0) is 25.7. The SMILES string of the molecule is O=C(CN1C(=O)S/C(=C/c2cccc(OCc3ccc([N+](=O)[O-])cc3)c2)C1=O)Nc1ccccc1Br. The van der Waals surface area contributed by atoms with Crippen molar-refractivity contribution in [3.05, 3.63) is 103 Å². The number of ether oxygens (including phenoxy) is 1. The molecule has 182 valence electrons.